The summed E-state index contributed by atoms with van der Waals surface area (Å²) in [6.45, 7) is 0. The van der Waals surface area contributed by atoms with Gasteiger partial charge in [-0.05, 0) is 48.0 Å². The number of benzene rings is 2. The van der Waals surface area contributed by atoms with Crippen LogP contribution in [0.2, 0.25) is 0 Å². The molecule has 0 bridgehead atoms. The van der Waals surface area contributed by atoms with Crippen LogP contribution in [0.15, 0.2) is 63.5 Å². The van der Waals surface area contributed by atoms with Gasteiger partial charge >= 0.3 is 0 Å². The van der Waals surface area contributed by atoms with E-state index in [9.17, 15) is 9.18 Å². The Morgan fingerprint density at radius 1 is 1.14 bits per heavy atom. The van der Waals surface area contributed by atoms with Crippen molar-refractivity contribution in [3.8, 4) is 0 Å². The van der Waals surface area contributed by atoms with Crippen LogP contribution in [0.25, 0.3) is 17.0 Å². The molecule has 0 unspecified atom stereocenters. The third kappa shape index (κ3) is 3.11. The normalized spacial score (nSPS) is 11.3. The number of hydrogen-bond acceptors (Lipinski definition) is 2. The highest BCUT2D eigenvalue weighted by Gasteiger charge is 2.09. The van der Waals surface area contributed by atoms with Crippen LogP contribution in [0.1, 0.15) is 16.1 Å². The summed E-state index contributed by atoms with van der Waals surface area (Å²) in [7, 11) is 0. The fourth-order valence-corrected chi connectivity index (χ4v) is 2.38. The zero-order chi connectivity index (χ0) is 14.8. The second-order valence-corrected chi connectivity index (χ2v) is 5.46. The summed E-state index contributed by atoms with van der Waals surface area (Å²) in [5, 5.41) is 0.854. The molecule has 0 saturated carbocycles. The van der Waals surface area contributed by atoms with E-state index < -0.39 is 0 Å². The van der Waals surface area contributed by atoms with E-state index in [0.29, 0.717) is 11.1 Å². The molecule has 0 radical (unpaired) electrons. The highest BCUT2D eigenvalue weighted by molar-refractivity contribution is 9.10. The van der Waals surface area contributed by atoms with E-state index in [1.807, 2.05) is 12.1 Å². The summed E-state index contributed by atoms with van der Waals surface area (Å²) < 4.78 is 19.5. The molecule has 0 atom stereocenters. The lowest BCUT2D eigenvalue weighted by atomic mass is 10.1. The third-order valence-corrected chi connectivity index (χ3v) is 3.49. The van der Waals surface area contributed by atoms with Crippen LogP contribution in [0.3, 0.4) is 0 Å². The molecule has 4 heteroatoms. The van der Waals surface area contributed by atoms with Gasteiger partial charge in [0.05, 0.1) is 0 Å². The van der Waals surface area contributed by atoms with Gasteiger partial charge in [0.15, 0.2) is 5.76 Å². The van der Waals surface area contributed by atoms with Crippen molar-refractivity contribution >= 4 is 38.8 Å². The van der Waals surface area contributed by atoms with Crippen LogP contribution in [-0.4, -0.2) is 5.78 Å². The first-order chi connectivity index (χ1) is 10.1. The topological polar surface area (TPSA) is 30.2 Å². The maximum absolute atomic E-state index is 13.1. The number of halogens is 2. The number of hydrogen-bond donors (Lipinski definition) is 0. The lowest BCUT2D eigenvalue weighted by Crippen LogP contribution is -1.90. The minimum absolute atomic E-state index is 0.258. The summed E-state index contributed by atoms with van der Waals surface area (Å²) in [5.41, 5.74) is 1.28. The zero-order valence-electron chi connectivity index (χ0n) is 10.8. The molecule has 104 valence electrons. The van der Waals surface area contributed by atoms with Gasteiger partial charge in [0.2, 0.25) is 5.78 Å². The van der Waals surface area contributed by atoms with Gasteiger partial charge in [-0.15, -0.1) is 0 Å². The summed E-state index contributed by atoms with van der Waals surface area (Å²) in [4.78, 5) is 12.1. The predicted molar refractivity (Wildman–Crippen MR) is 83.7 cm³/mol. The first-order valence-corrected chi connectivity index (χ1v) is 7.08. The van der Waals surface area contributed by atoms with Crippen LogP contribution in [0, 0.1) is 5.82 Å². The summed E-state index contributed by atoms with van der Waals surface area (Å²) in [6, 6.07) is 13.3. The zero-order valence-corrected chi connectivity index (χ0v) is 12.4. The van der Waals surface area contributed by atoms with Crippen molar-refractivity contribution in [2.45, 2.75) is 0 Å². The highest BCUT2D eigenvalue weighted by atomic mass is 79.9. The molecule has 3 rings (SSSR count). The molecule has 1 aromatic heterocycles. The van der Waals surface area contributed by atoms with Crippen molar-refractivity contribution < 1.29 is 13.6 Å². The average molecular weight is 345 g/mol. The monoisotopic (exact) mass is 344 g/mol. The van der Waals surface area contributed by atoms with Gasteiger partial charge in [-0.3, -0.25) is 4.79 Å². The second kappa shape index (κ2) is 5.66. The molecule has 0 spiro atoms. The average Bonchev–Trinajstić information content (AvgIpc) is 2.88. The van der Waals surface area contributed by atoms with Crippen LogP contribution >= 0.6 is 15.9 Å². The molecular formula is C17H10BrFO2. The number of carbonyl (C=O) groups is 1. The summed E-state index contributed by atoms with van der Waals surface area (Å²) in [6.07, 6.45) is 2.94. The van der Waals surface area contributed by atoms with Gasteiger partial charge in [-0.1, -0.05) is 34.1 Å². The molecular weight excluding hydrogens is 335 g/mol. The van der Waals surface area contributed by atoms with Crippen molar-refractivity contribution in [2.24, 2.45) is 0 Å². The number of fused-ring (bicyclic) bond motifs is 1. The summed E-state index contributed by atoms with van der Waals surface area (Å²) in [5.74, 6) is -0.333. The maximum Gasteiger partial charge on any atom is 0.221 e. The standard InChI is InChI=1S/C17H10BrFO2/c18-13-5-7-16-12(9-13)10-17(21-16)15(20)6-4-11-2-1-3-14(19)8-11/h1-10H/b6-4+. The first kappa shape index (κ1) is 13.8. The van der Waals surface area contributed by atoms with Crippen molar-refractivity contribution in [3.63, 3.8) is 0 Å². The van der Waals surface area contributed by atoms with E-state index in [4.69, 9.17) is 4.42 Å². The molecule has 0 aliphatic carbocycles. The molecule has 0 aliphatic heterocycles. The number of allylic oxidation sites excluding steroid dienone is 1. The lowest BCUT2D eigenvalue weighted by Gasteiger charge is -1.93. The van der Waals surface area contributed by atoms with Crippen LogP contribution in [0.5, 0.6) is 0 Å². The Labute approximate surface area is 129 Å². The number of ketones is 1. The molecule has 3 aromatic rings. The van der Waals surface area contributed by atoms with E-state index in [1.165, 1.54) is 18.2 Å². The quantitative estimate of drug-likeness (QED) is 0.481. The number of rotatable bonds is 3. The molecule has 0 saturated heterocycles. The van der Waals surface area contributed by atoms with Gasteiger partial charge in [-0.2, -0.15) is 0 Å². The van der Waals surface area contributed by atoms with E-state index >= 15 is 0 Å². The Hall–Kier alpha value is -2.20. The molecule has 1 heterocycles. The molecule has 0 aliphatic rings. The Bertz CT molecular complexity index is 849. The fraction of sp³-hybridized carbons (Fsp3) is 0. The molecule has 0 fully saturated rings. The molecule has 0 amide bonds. The van der Waals surface area contributed by atoms with Gasteiger partial charge in [-0.25, -0.2) is 4.39 Å². The van der Waals surface area contributed by atoms with Crippen molar-refractivity contribution in [3.05, 3.63) is 76.2 Å². The smallest absolute Gasteiger partial charge is 0.221 e. The largest absolute Gasteiger partial charge is 0.453 e. The first-order valence-electron chi connectivity index (χ1n) is 6.29. The van der Waals surface area contributed by atoms with Gasteiger partial charge < -0.3 is 4.42 Å². The Balaban J connectivity index is 1.86. The van der Waals surface area contributed by atoms with E-state index in [1.54, 1.807) is 30.3 Å². The minimum atomic E-state index is -0.335. The van der Waals surface area contributed by atoms with Crippen molar-refractivity contribution in [1.82, 2.24) is 0 Å². The lowest BCUT2D eigenvalue weighted by molar-refractivity contribution is 0.102. The van der Waals surface area contributed by atoms with Crippen LogP contribution in [0.4, 0.5) is 4.39 Å². The van der Waals surface area contributed by atoms with Gasteiger partial charge in [0.1, 0.15) is 11.4 Å². The number of furan rings is 1. The van der Waals surface area contributed by atoms with Crippen molar-refractivity contribution in [2.75, 3.05) is 0 Å². The Kier molecular flexibility index (Phi) is 3.71. The molecule has 21 heavy (non-hydrogen) atoms. The Morgan fingerprint density at radius 3 is 2.81 bits per heavy atom. The van der Waals surface area contributed by atoms with Crippen molar-refractivity contribution in [1.29, 1.82) is 0 Å². The van der Waals surface area contributed by atoms with E-state index in [0.717, 1.165) is 9.86 Å². The number of carbonyl (C=O) groups excluding carboxylic acids is 1. The predicted octanol–water partition coefficient (Wildman–Crippen LogP) is 5.23. The van der Waals surface area contributed by atoms with E-state index in [2.05, 4.69) is 15.9 Å². The van der Waals surface area contributed by atoms with Crippen LogP contribution in [-0.2, 0) is 0 Å². The fourth-order valence-electron chi connectivity index (χ4n) is 2.00. The maximum atomic E-state index is 13.1. The minimum Gasteiger partial charge on any atom is -0.453 e. The van der Waals surface area contributed by atoms with E-state index in [-0.39, 0.29) is 17.4 Å². The van der Waals surface area contributed by atoms with Gasteiger partial charge in [0.25, 0.3) is 0 Å². The third-order valence-electron chi connectivity index (χ3n) is 3.00. The summed E-state index contributed by atoms with van der Waals surface area (Å²) >= 11 is 3.37. The highest BCUT2D eigenvalue weighted by Crippen LogP contribution is 2.23. The Morgan fingerprint density at radius 2 is 2.00 bits per heavy atom. The molecule has 2 aromatic carbocycles. The van der Waals surface area contributed by atoms with Crippen LogP contribution < -0.4 is 0 Å². The van der Waals surface area contributed by atoms with Gasteiger partial charge in [0, 0.05) is 9.86 Å². The SMILES string of the molecule is O=C(/C=C/c1cccc(F)c1)c1cc2cc(Br)ccc2o1. The molecule has 2 nitrogen and oxygen atoms in total. The molecule has 0 N–H and O–H groups in total. The second-order valence-electron chi connectivity index (χ2n) is 4.55.